The third-order valence-electron chi connectivity index (χ3n) is 4.05. The van der Waals surface area contributed by atoms with E-state index in [9.17, 15) is 14.9 Å². The quantitative estimate of drug-likeness (QED) is 0.640. The van der Waals surface area contributed by atoms with Crippen molar-refractivity contribution in [1.82, 2.24) is 0 Å². The lowest BCUT2D eigenvalue weighted by Gasteiger charge is -2.37. The molecule has 0 spiro atoms. The summed E-state index contributed by atoms with van der Waals surface area (Å²) in [5, 5.41) is 23.5. The molecule has 0 unspecified atom stereocenters. The van der Waals surface area contributed by atoms with Crippen LogP contribution < -0.4 is 5.32 Å². The largest absolute Gasteiger partial charge is 0.481 e. The standard InChI is InChI=1S/C15H20N2O4/c1-11-5-6-13(17(20)21)12(9-11)16-15(10-14(18)19)7-3-2-4-8-15/h5-6,9,16H,2-4,7-8,10H2,1H3,(H,18,19). The average molecular weight is 292 g/mol. The van der Waals surface area contributed by atoms with Crippen molar-refractivity contribution in [3.05, 3.63) is 33.9 Å². The lowest BCUT2D eigenvalue weighted by atomic mass is 9.79. The minimum atomic E-state index is -0.875. The van der Waals surface area contributed by atoms with Crippen LogP contribution in [0.3, 0.4) is 0 Å². The van der Waals surface area contributed by atoms with Crippen molar-refractivity contribution in [1.29, 1.82) is 0 Å². The third kappa shape index (κ3) is 3.71. The van der Waals surface area contributed by atoms with Gasteiger partial charge in [0.2, 0.25) is 0 Å². The van der Waals surface area contributed by atoms with E-state index in [1.165, 1.54) is 6.07 Å². The van der Waals surface area contributed by atoms with Gasteiger partial charge in [-0.25, -0.2) is 0 Å². The first-order valence-corrected chi connectivity index (χ1v) is 7.17. The summed E-state index contributed by atoms with van der Waals surface area (Å²) in [5.74, 6) is -0.875. The monoisotopic (exact) mass is 292 g/mol. The van der Waals surface area contributed by atoms with Gasteiger partial charge < -0.3 is 10.4 Å². The zero-order valence-electron chi connectivity index (χ0n) is 12.1. The highest BCUT2D eigenvalue weighted by atomic mass is 16.6. The van der Waals surface area contributed by atoms with E-state index in [4.69, 9.17) is 5.11 Å². The number of hydrogen-bond acceptors (Lipinski definition) is 4. The van der Waals surface area contributed by atoms with Gasteiger partial charge in [-0.15, -0.1) is 0 Å². The van der Waals surface area contributed by atoms with Crippen molar-refractivity contribution < 1.29 is 14.8 Å². The van der Waals surface area contributed by atoms with Crippen LogP contribution >= 0.6 is 0 Å². The number of nitro groups is 1. The van der Waals surface area contributed by atoms with Gasteiger partial charge in [-0.2, -0.15) is 0 Å². The fraction of sp³-hybridized carbons (Fsp3) is 0.533. The van der Waals surface area contributed by atoms with Crippen LogP contribution in [0.5, 0.6) is 0 Å². The molecule has 6 heteroatoms. The Morgan fingerprint density at radius 1 is 1.38 bits per heavy atom. The van der Waals surface area contributed by atoms with Gasteiger partial charge in [-0.05, 0) is 31.4 Å². The molecule has 0 bridgehead atoms. The van der Waals surface area contributed by atoms with Crippen LogP contribution in [-0.2, 0) is 4.79 Å². The van der Waals surface area contributed by atoms with E-state index >= 15 is 0 Å². The number of carboxylic acid groups (broad SMARTS) is 1. The van der Waals surface area contributed by atoms with Crippen molar-refractivity contribution in [2.45, 2.75) is 51.0 Å². The molecule has 1 saturated carbocycles. The fourth-order valence-electron chi connectivity index (χ4n) is 3.06. The number of aryl methyl sites for hydroxylation is 1. The Morgan fingerprint density at radius 2 is 2.05 bits per heavy atom. The van der Waals surface area contributed by atoms with Gasteiger partial charge in [0.05, 0.1) is 11.3 Å². The van der Waals surface area contributed by atoms with Crippen LogP contribution in [0.15, 0.2) is 18.2 Å². The van der Waals surface area contributed by atoms with Crippen LogP contribution in [0, 0.1) is 17.0 Å². The summed E-state index contributed by atoms with van der Waals surface area (Å²) in [5.41, 5.74) is 0.742. The number of anilines is 1. The first-order valence-electron chi connectivity index (χ1n) is 7.17. The molecule has 2 rings (SSSR count). The van der Waals surface area contributed by atoms with Gasteiger partial charge in [0.15, 0.2) is 0 Å². The summed E-state index contributed by atoms with van der Waals surface area (Å²) >= 11 is 0. The number of nitrogens with zero attached hydrogens (tertiary/aromatic N) is 1. The molecule has 0 saturated heterocycles. The van der Waals surface area contributed by atoms with Crippen molar-refractivity contribution in [3.8, 4) is 0 Å². The fourth-order valence-corrected chi connectivity index (χ4v) is 3.06. The number of rotatable bonds is 5. The summed E-state index contributed by atoms with van der Waals surface area (Å²) in [6.07, 6.45) is 4.41. The predicted octanol–water partition coefficient (Wildman–Crippen LogP) is 3.49. The second-order valence-corrected chi connectivity index (χ2v) is 5.81. The first-order chi connectivity index (χ1) is 9.92. The number of aliphatic carboxylic acids is 1. The Bertz CT molecular complexity index is 551. The highest BCUT2D eigenvalue weighted by molar-refractivity contribution is 5.71. The zero-order valence-corrected chi connectivity index (χ0v) is 12.1. The Kier molecular flexibility index (Phi) is 4.45. The van der Waals surface area contributed by atoms with Crippen molar-refractivity contribution >= 4 is 17.3 Å². The molecule has 2 N–H and O–H groups in total. The minimum absolute atomic E-state index is 0.00376. The maximum atomic E-state index is 11.2. The van der Waals surface area contributed by atoms with Gasteiger partial charge in [-0.3, -0.25) is 14.9 Å². The van der Waals surface area contributed by atoms with Crippen LogP contribution in [0.25, 0.3) is 0 Å². The molecule has 1 aromatic rings. The summed E-state index contributed by atoms with van der Waals surface area (Å²) in [4.78, 5) is 21.9. The topological polar surface area (TPSA) is 92.5 Å². The third-order valence-corrected chi connectivity index (χ3v) is 4.05. The molecule has 1 aliphatic rings. The number of nitrogens with one attached hydrogen (secondary N) is 1. The van der Waals surface area contributed by atoms with Gasteiger partial charge in [0.25, 0.3) is 5.69 Å². The van der Waals surface area contributed by atoms with E-state index in [1.54, 1.807) is 12.1 Å². The van der Waals surface area contributed by atoms with Crippen LogP contribution in [0.4, 0.5) is 11.4 Å². The number of nitro benzene ring substituents is 1. The highest BCUT2D eigenvalue weighted by Crippen LogP contribution is 2.37. The van der Waals surface area contributed by atoms with E-state index in [0.717, 1.165) is 37.7 Å². The molecule has 6 nitrogen and oxygen atoms in total. The number of benzene rings is 1. The predicted molar refractivity (Wildman–Crippen MR) is 79.5 cm³/mol. The van der Waals surface area contributed by atoms with E-state index in [-0.39, 0.29) is 12.1 Å². The van der Waals surface area contributed by atoms with Crippen molar-refractivity contribution in [3.63, 3.8) is 0 Å². The summed E-state index contributed by atoms with van der Waals surface area (Å²) in [6.45, 7) is 1.86. The average Bonchev–Trinajstić information content (AvgIpc) is 2.38. The second kappa shape index (κ2) is 6.11. The summed E-state index contributed by atoms with van der Waals surface area (Å²) in [6, 6.07) is 4.87. The molecular formula is C15H20N2O4. The van der Waals surface area contributed by atoms with Crippen molar-refractivity contribution in [2.24, 2.45) is 0 Å². The van der Waals surface area contributed by atoms with Gasteiger partial charge >= 0.3 is 5.97 Å². The maximum Gasteiger partial charge on any atom is 0.305 e. The zero-order chi connectivity index (χ0) is 15.5. The molecule has 0 radical (unpaired) electrons. The Labute approximate surface area is 123 Å². The van der Waals surface area contributed by atoms with E-state index in [0.29, 0.717) is 5.69 Å². The SMILES string of the molecule is Cc1ccc([N+](=O)[O-])c(NC2(CC(=O)O)CCCCC2)c1. The molecule has 21 heavy (non-hydrogen) atoms. The molecule has 0 atom stereocenters. The van der Waals surface area contributed by atoms with E-state index < -0.39 is 16.4 Å². The van der Waals surface area contributed by atoms with E-state index in [1.807, 2.05) is 6.92 Å². The van der Waals surface area contributed by atoms with Crippen LogP contribution in [-0.4, -0.2) is 21.5 Å². The van der Waals surface area contributed by atoms with Crippen LogP contribution in [0.2, 0.25) is 0 Å². The maximum absolute atomic E-state index is 11.2. The molecule has 0 heterocycles. The molecule has 0 aliphatic heterocycles. The normalized spacial score (nSPS) is 17.2. The van der Waals surface area contributed by atoms with Gasteiger partial charge in [0, 0.05) is 11.6 Å². The van der Waals surface area contributed by atoms with Gasteiger partial charge in [0.1, 0.15) is 5.69 Å². The molecule has 114 valence electrons. The lowest BCUT2D eigenvalue weighted by molar-refractivity contribution is -0.384. The number of carboxylic acids is 1. The molecule has 0 amide bonds. The van der Waals surface area contributed by atoms with Crippen LogP contribution in [0.1, 0.15) is 44.1 Å². The first kappa shape index (κ1) is 15.3. The Balaban J connectivity index is 2.34. The summed E-state index contributed by atoms with van der Waals surface area (Å²) in [7, 11) is 0. The van der Waals surface area contributed by atoms with E-state index in [2.05, 4.69) is 5.32 Å². The summed E-state index contributed by atoms with van der Waals surface area (Å²) < 4.78 is 0. The Hall–Kier alpha value is -2.11. The minimum Gasteiger partial charge on any atom is -0.481 e. The smallest absolute Gasteiger partial charge is 0.305 e. The number of hydrogen-bond donors (Lipinski definition) is 2. The molecule has 1 aliphatic carbocycles. The highest BCUT2D eigenvalue weighted by Gasteiger charge is 2.35. The molecular weight excluding hydrogens is 272 g/mol. The second-order valence-electron chi connectivity index (χ2n) is 5.81. The number of carbonyl (C=O) groups is 1. The molecule has 0 aromatic heterocycles. The Morgan fingerprint density at radius 3 is 2.62 bits per heavy atom. The van der Waals surface area contributed by atoms with Crippen molar-refractivity contribution in [2.75, 3.05) is 5.32 Å². The molecule has 1 fully saturated rings. The molecule has 1 aromatic carbocycles. The lowest BCUT2D eigenvalue weighted by Crippen LogP contribution is -2.42. The van der Waals surface area contributed by atoms with Gasteiger partial charge in [-0.1, -0.05) is 25.3 Å².